The van der Waals surface area contributed by atoms with Crippen molar-refractivity contribution in [2.75, 3.05) is 45.3 Å². The van der Waals surface area contributed by atoms with Crippen molar-refractivity contribution in [1.82, 2.24) is 4.98 Å². The summed E-state index contributed by atoms with van der Waals surface area (Å²) in [6, 6.07) is 5.62. The molecule has 1 aliphatic rings. The lowest BCUT2D eigenvalue weighted by Crippen LogP contribution is -3.06. The summed E-state index contributed by atoms with van der Waals surface area (Å²) in [5, 5.41) is 1.19. The number of quaternary nitrogens is 1. The number of carbonyl (C=O) groups is 1. The van der Waals surface area contributed by atoms with Crippen LogP contribution in [0.2, 0.25) is 5.02 Å². The number of carbonyl (C=O) groups excluding carboxylic acids is 1. The van der Waals surface area contributed by atoms with Gasteiger partial charge in [0, 0.05) is 0 Å². The molecule has 2 heterocycles. The average Bonchev–Trinajstić information content (AvgIpc) is 3.01. The largest absolute Gasteiger partial charge is 0.494 e. The summed E-state index contributed by atoms with van der Waals surface area (Å²) in [5.74, 6) is -0.0357. The van der Waals surface area contributed by atoms with Crippen molar-refractivity contribution in [1.29, 1.82) is 0 Å². The lowest BCUT2D eigenvalue weighted by molar-refractivity contribution is -0.856. The van der Waals surface area contributed by atoms with Gasteiger partial charge in [0.15, 0.2) is 5.13 Å². The van der Waals surface area contributed by atoms with Crippen molar-refractivity contribution >= 4 is 44.2 Å². The van der Waals surface area contributed by atoms with Gasteiger partial charge < -0.3 is 14.4 Å². The number of likely N-dealkylation sites (N-methyl/N-ethyl adjacent to an activating group) is 1. The molecule has 0 spiro atoms. The number of para-hydroxylation sites is 1. The summed E-state index contributed by atoms with van der Waals surface area (Å²) in [6.07, 6.45) is 1.38. The molecule has 0 unspecified atom stereocenters. The van der Waals surface area contributed by atoms with Gasteiger partial charge in [-0.05, 0) is 12.1 Å². The molecular formula is C16H19ClN3O3S+. The van der Waals surface area contributed by atoms with E-state index in [0.717, 1.165) is 11.2 Å². The molecule has 8 heteroatoms. The Morgan fingerprint density at radius 1 is 1.42 bits per heavy atom. The number of ether oxygens (including phenoxy) is 2. The van der Waals surface area contributed by atoms with Crippen molar-refractivity contribution in [2.45, 2.75) is 0 Å². The molecule has 1 aliphatic heterocycles. The van der Waals surface area contributed by atoms with Crippen molar-refractivity contribution in [3.8, 4) is 0 Å². The van der Waals surface area contributed by atoms with Crippen LogP contribution in [0.3, 0.4) is 0 Å². The molecule has 3 rings (SSSR count). The summed E-state index contributed by atoms with van der Waals surface area (Å²) in [5.41, 5.74) is 0.712. The highest BCUT2D eigenvalue weighted by Gasteiger charge is 2.27. The zero-order chi connectivity index (χ0) is 17.1. The zero-order valence-electron chi connectivity index (χ0n) is 13.5. The van der Waals surface area contributed by atoms with E-state index in [1.807, 2.05) is 26.2 Å². The van der Waals surface area contributed by atoms with Crippen LogP contribution in [0.1, 0.15) is 0 Å². The van der Waals surface area contributed by atoms with Gasteiger partial charge in [-0.1, -0.05) is 29.0 Å². The smallest absolute Gasteiger partial charge is 0.298 e. The van der Waals surface area contributed by atoms with Gasteiger partial charge in [-0.15, -0.1) is 0 Å². The molecular weight excluding hydrogens is 350 g/mol. The number of thiazole rings is 1. The van der Waals surface area contributed by atoms with E-state index in [1.165, 1.54) is 22.5 Å². The van der Waals surface area contributed by atoms with E-state index in [0.29, 0.717) is 35.4 Å². The number of fused-ring (bicyclic) bond motifs is 1. The van der Waals surface area contributed by atoms with E-state index in [9.17, 15) is 4.79 Å². The van der Waals surface area contributed by atoms with E-state index in [1.54, 1.807) is 11.0 Å². The van der Waals surface area contributed by atoms with Crippen LogP contribution < -0.4 is 9.80 Å². The molecule has 0 atom stereocenters. The molecule has 1 N–H and O–H groups in total. The highest BCUT2D eigenvalue weighted by molar-refractivity contribution is 7.22. The number of hydrogen-bond donors (Lipinski definition) is 1. The Morgan fingerprint density at radius 2 is 2.25 bits per heavy atom. The van der Waals surface area contributed by atoms with Crippen molar-refractivity contribution < 1.29 is 19.2 Å². The maximum Gasteiger partial charge on any atom is 0.298 e. The Labute approximate surface area is 149 Å². The Balaban J connectivity index is 1.94. The second-order valence-electron chi connectivity index (χ2n) is 5.70. The third-order valence-corrected chi connectivity index (χ3v) is 4.88. The normalized spacial score (nSPS) is 14.2. The minimum atomic E-state index is -0.244. The molecule has 128 valence electrons. The fourth-order valence-electron chi connectivity index (χ4n) is 2.25. The minimum absolute atomic E-state index is 0.209. The number of amides is 1. The van der Waals surface area contributed by atoms with Gasteiger partial charge >= 0.3 is 0 Å². The number of benzene rings is 1. The third kappa shape index (κ3) is 3.63. The van der Waals surface area contributed by atoms with Crippen molar-refractivity contribution in [2.24, 2.45) is 0 Å². The van der Waals surface area contributed by atoms with E-state index < -0.39 is 0 Å². The first-order valence-corrected chi connectivity index (χ1v) is 8.86. The van der Waals surface area contributed by atoms with E-state index in [-0.39, 0.29) is 11.7 Å². The van der Waals surface area contributed by atoms with Crippen LogP contribution in [-0.2, 0) is 14.3 Å². The topological polar surface area (TPSA) is 56.1 Å². The molecule has 1 aromatic heterocycles. The monoisotopic (exact) mass is 368 g/mol. The predicted molar refractivity (Wildman–Crippen MR) is 94.6 cm³/mol. The zero-order valence-corrected chi connectivity index (χ0v) is 15.1. The Hall–Kier alpha value is -1.83. The molecule has 24 heavy (non-hydrogen) atoms. The first kappa shape index (κ1) is 17.0. The highest BCUT2D eigenvalue weighted by atomic mass is 35.5. The lowest BCUT2D eigenvalue weighted by Gasteiger charge is -2.23. The number of aromatic nitrogens is 1. The summed E-state index contributed by atoms with van der Waals surface area (Å²) in [4.78, 5) is 20.3. The summed E-state index contributed by atoms with van der Waals surface area (Å²) in [7, 11) is 4.08. The first-order chi connectivity index (χ1) is 11.6. The molecule has 1 aromatic carbocycles. The van der Waals surface area contributed by atoms with Crippen LogP contribution in [-0.4, -0.2) is 51.3 Å². The second-order valence-corrected chi connectivity index (χ2v) is 7.11. The predicted octanol–water partition coefficient (Wildman–Crippen LogP) is 1.32. The van der Waals surface area contributed by atoms with Gasteiger partial charge in [0.2, 0.25) is 5.76 Å². The Kier molecular flexibility index (Phi) is 5.23. The maximum atomic E-state index is 12.9. The van der Waals surface area contributed by atoms with Crippen LogP contribution in [0, 0.1) is 0 Å². The first-order valence-electron chi connectivity index (χ1n) is 7.67. The van der Waals surface area contributed by atoms with Crippen molar-refractivity contribution in [3.05, 3.63) is 35.2 Å². The van der Waals surface area contributed by atoms with Gasteiger partial charge in [0.05, 0.1) is 36.9 Å². The van der Waals surface area contributed by atoms with E-state index in [4.69, 9.17) is 21.1 Å². The summed E-state index contributed by atoms with van der Waals surface area (Å²) < 4.78 is 11.6. The SMILES string of the molecule is C[NH+](C)CCN(C(=O)C1=COCCO1)c1nc2c(Cl)cccc2s1. The second kappa shape index (κ2) is 7.38. The van der Waals surface area contributed by atoms with Crippen LogP contribution in [0.15, 0.2) is 30.2 Å². The molecule has 0 saturated carbocycles. The number of rotatable bonds is 5. The lowest BCUT2D eigenvalue weighted by atomic mass is 10.3. The number of nitrogens with zero attached hydrogens (tertiary/aromatic N) is 2. The third-order valence-electron chi connectivity index (χ3n) is 3.53. The summed E-state index contributed by atoms with van der Waals surface area (Å²) >= 11 is 7.65. The fourth-order valence-corrected chi connectivity index (χ4v) is 3.54. The molecule has 2 aromatic rings. The van der Waals surface area contributed by atoms with Crippen molar-refractivity contribution in [3.63, 3.8) is 0 Å². The van der Waals surface area contributed by atoms with Gasteiger partial charge in [0.25, 0.3) is 5.91 Å². The van der Waals surface area contributed by atoms with E-state index >= 15 is 0 Å². The molecule has 0 saturated heterocycles. The summed E-state index contributed by atoms with van der Waals surface area (Å²) in [6.45, 7) is 2.13. The quantitative estimate of drug-likeness (QED) is 0.864. The molecule has 1 amide bonds. The van der Waals surface area contributed by atoms with Crippen LogP contribution in [0.4, 0.5) is 5.13 Å². The minimum Gasteiger partial charge on any atom is -0.494 e. The molecule has 0 bridgehead atoms. The molecule has 6 nitrogen and oxygen atoms in total. The fraction of sp³-hybridized carbons (Fsp3) is 0.375. The molecule has 0 fully saturated rings. The van der Waals surface area contributed by atoms with E-state index in [2.05, 4.69) is 4.98 Å². The van der Waals surface area contributed by atoms with Crippen LogP contribution in [0.25, 0.3) is 10.2 Å². The number of hydrogen-bond acceptors (Lipinski definition) is 5. The number of nitrogens with one attached hydrogen (secondary N) is 1. The Bertz CT molecular complexity index is 775. The van der Waals surface area contributed by atoms with Gasteiger partial charge in [0.1, 0.15) is 25.0 Å². The number of halogens is 1. The number of anilines is 1. The molecule has 0 aliphatic carbocycles. The standard InChI is InChI=1S/C16H18ClN3O3S/c1-19(2)6-7-20(15(21)12-10-22-8-9-23-12)16-18-14-11(17)4-3-5-13(14)24-16/h3-5,10H,6-9H2,1-2H3/p+1. The Morgan fingerprint density at radius 3 is 2.92 bits per heavy atom. The van der Waals surface area contributed by atoms with Gasteiger partial charge in [-0.25, -0.2) is 4.98 Å². The molecule has 0 radical (unpaired) electrons. The van der Waals surface area contributed by atoms with Crippen LogP contribution in [0.5, 0.6) is 0 Å². The van der Waals surface area contributed by atoms with Crippen LogP contribution >= 0.6 is 22.9 Å². The highest BCUT2D eigenvalue weighted by Crippen LogP contribution is 2.33. The van der Waals surface area contributed by atoms with Gasteiger partial charge in [-0.2, -0.15) is 0 Å². The maximum absolute atomic E-state index is 12.9. The average molecular weight is 369 g/mol. The van der Waals surface area contributed by atoms with Gasteiger partial charge in [-0.3, -0.25) is 9.69 Å².